The summed E-state index contributed by atoms with van der Waals surface area (Å²) in [5, 5.41) is 3.34. The lowest BCUT2D eigenvalue weighted by molar-refractivity contribution is -0.104. The molecule has 3 nitrogen and oxygen atoms in total. The van der Waals surface area contributed by atoms with Gasteiger partial charge in [-0.15, -0.1) is 0 Å². The monoisotopic (exact) mass is 218 g/mol. The second-order valence-electron chi connectivity index (χ2n) is 4.20. The van der Waals surface area contributed by atoms with Crippen molar-refractivity contribution >= 4 is 6.29 Å². The fourth-order valence-electron chi connectivity index (χ4n) is 2.02. The van der Waals surface area contributed by atoms with Gasteiger partial charge in [0.05, 0.1) is 0 Å². The highest BCUT2D eigenvalue weighted by atomic mass is 16.1. The molecule has 1 N–H and O–H groups in total. The maximum Gasteiger partial charge on any atom is 0.149 e. The summed E-state index contributed by atoms with van der Waals surface area (Å²) in [5.41, 5.74) is 2.10. The van der Waals surface area contributed by atoms with Crippen molar-refractivity contribution in [3.05, 3.63) is 35.5 Å². The number of carbonyl (C=O) groups excluding carboxylic acids is 1. The summed E-state index contributed by atoms with van der Waals surface area (Å²) < 4.78 is 0. The Kier molecular flexibility index (Phi) is 4.08. The molecule has 2 rings (SSSR count). The summed E-state index contributed by atoms with van der Waals surface area (Å²) in [6, 6.07) is 0. The third-order valence-electron chi connectivity index (χ3n) is 2.98. The molecule has 16 heavy (non-hydrogen) atoms. The first-order valence-corrected chi connectivity index (χ1v) is 5.84. The van der Waals surface area contributed by atoms with Crippen molar-refractivity contribution in [2.45, 2.75) is 6.42 Å². The smallest absolute Gasteiger partial charge is 0.149 e. The van der Waals surface area contributed by atoms with E-state index < -0.39 is 0 Å². The minimum atomic E-state index is 0.784. The molecule has 1 fully saturated rings. The van der Waals surface area contributed by atoms with Gasteiger partial charge in [0.25, 0.3) is 0 Å². The molecule has 1 aliphatic heterocycles. The summed E-state index contributed by atoms with van der Waals surface area (Å²) in [4.78, 5) is 13.1. The zero-order valence-electron chi connectivity index (χ0n) is 9.48. The van der Waals surface area contributed by atoms with Gasteiger partial charge < -0.3 is 5.32 Å². The first-order chi connectivity index (χ1) is 7.88. The van der Waals surface area contributed by atoms with Crippen LogP contribution in [0.2, 0.25) is 0 Å². The number of aldehydes is 1. The maximum atomic E-state index is 10.6. The fraction of sp³-hybridized carbons (Fsp3) is 0.462. The molecule has 0 aromatic heterocycles. The normalized spacial score (nSPS) is 22.2. The van der Waals surface area contributed by atoms with E-state index in [0.29, 0.717) is 0 Å². The van der Waals surface area contributed by atoms with Gasteiger partial charge in [-0.2, -0.15) is 0 Å². The largest absolute Gasteiger partial charge is 0.314 e. The van der Waals surface area contributed by atoms with Crippen molar-refractivity contribution in [1.82, 2.24) is 10.2 Å². The number of allylic oxidation sites excluding steroid dienone is 4. The van der Waals surface area contributed by atoms with Gasteiger partial charge in [0.1, 0.15) is 6.29 Å². The van der Waals surface area contributed by atoms with Gasteiger partial charge in [0.2, 0.25) is 0 Å². The Morgan fingerprint density at radius 1 is 1.25 bits per heavy atom. The average molecular weight is 218 g/mol. The van der Waals surface area contributed by atoms with E-state index in [9.17, 15) is 4.79 Å². The predicted octanol–water partition coefficient (Wildman–Crippen LogP) is 0.903. The van der Waals surface area contributed by atoms with Crippen molar-refractivity contribution in [2.75, 3.05) is 32.7 Å². The number of piperazine rings is 1. The zero-order valence-corrected chi connectivity index (χ0v) is 9.48. The molecule has 0 spiro atoms. The van der Waals surface area contributed by atoms with Gasteiger partial charge in [0.15, 0.2) is 0 Å². The number of hydrogen-bond acceptors (Lipinski definition) is 3. The van der Waals surface area contributed by atoms with Crippen LogP contribution in [0, 0.1) is 0 Å². The molecular weight excluding hydrogens is 200 g/mol. The van der Waals surface area contributed by atoms with Crippen LogP contribution in [0.15, 0.2) is 35.5 Å². The number of nitrogens with zero attached hydrogens (tertiary/aromatic N) is 1. The van der Waals surface area contributed by atoms with Crippen molar-refractivity contribution in [3.63, 3.8) is 0 Å². The maximum absolute atomic E-state index is 10.6. The topological polar surface area (TPSA) is 32.3 Å². The van der Waals surface area contributed by atoms with E-state index in [2.05, 4.69) is 22.4 Å². The highest BCUT2D eigenvalue weighted by molar-refractivity contribution is 5.77. The summed E-state index contributed by atoms with van der Waals surface area (Å²) in [6.07, 6.45) is 9.92. The lowest BCUT2D eigenvalue weighted by atomic mass is 10.2. The minimum Gasteiger partial charge on any atom is -0.314 e. The fourth-order valence-corrected chi connectivity index (χ4v) is 2.02. The molecule has 0 aromatic rings. The molecule has 0 saturated carbocycles. The third-order valence-corrected chi connectivity index (χ3v) is 2.98. The van der Waals surface area contributed by atoms with Gasteiger partial charge in [-0.25, -0.2) is 0 Å². The summed E-state index contributed by atoms with van der Waals surface area (Å²) in [7, 11) is 0. The van der Waals surface area contributed by atoms with E-state index in [1.807, 2.05) is 12.2 Å². The number of carbonyl (C=O) groups is 1. The first kappa shape index (κ1) is 11.3. The summed E-state index contributed by atoms with van der Waals surface area (Å²) in [5.74, 6) is 0. The molecule has 86 valence electrons. The Morgan fingerprint density at radius 2 is 2.06 bits per heavy atom. The molecule has 0 aromatic carbocycles. The summed E-state index contributed by atoms with van der Waals surface area (Å²) in [6.45, 7) is 5.38. The Hall–Kier alpha value is -1.19. The Labute approximate surface area is 96.5 Å². The standard InChI is InChI=1S/C13H18N2O/c16-11-13-3-1-2-12(4-5-13)10-15-8-6-14-7-9-15/h2-5,11,14H,1,6-10H2. The number of nitrogens with one attached hydrogen (secondary N) is 1. The molecule has 0 radical (unpaired) electrons. The van der Waals surface area contributed by atoms with Crippen LogP contribution in [-0.2, 0) is 4.79 Å². The zero-order chi connectivity index (χ0) is 11.2. The van der Waals surface area contributed by atoms with Crippen LogP contribution >= 0.6 is 0 Å². The molecule has 0 unspecified atom stereocenters. The average Bonchev–Trinajstić information content (AvgIpc) is 2.56. The quantitative estimate of drug-likeness (QED) is 0.714. The molecule has 0 amide bonds. The van der Waals surface area contributed by atoms with Crippen molar-refractivity contribution in [1.29, 1.82) is 0 Å². The molecule has 3 heteroatoms. The van der Waals surface area contributed by atoms with E-state index in [4.69, 9.17) is 0 Å². The molecule has 1 aliphatic carbocycles. The minimum absolute atomic E-state index is 0.784. The molecule has 2 aliphatic rings. The Morgan fingerprint density at radius 3 is 2.81 bits per heavy atom. The van der Waals surface area contributed by atoms with Gasteiger partial charge in [-0.3, -0.25) is 9.69 Å². The van der Waals surface area contributed by atoms with Crippen LogP contribution in [0.3, 0.4) is 0 Å². The van der Waals surface area contributed by atoms with Gasteiger partial charge in [-0.05, 0) is 12.0 Å². The molecule has 1 saturated heterocycles. The van der Waals surface area contributed by atoms with Crippen LogP contribution in [0.4, 0.5) is 0 Å². The van der Waals surface area contributed by atoms with Gasteiger partial charge >= 0.3 is 0 Å². The van der Waals surface area contributed by atoms with E-state index in [1.165, 1.54) is 5.57 Å². The van der Waals surface area contributed by atoms with Crippen molar-refractivity contribution in [3.8, 4) is 0 Å². The SMILES string of the molecule is O=CC1=CCC=C(CN2CCNCC2)C=C1. The van der Waals surface area contributed by atoms with Gasteiger partial charge in [0, 0.05) is 38.3 Å². The van der Waals surface area contributed by atoms with E-state index in [0.717, 1.165) is 51.0 Å². The molecular formula is C13H18N2O. The highest BCUT2D eigenvalue weighted by Crippen LogP contribution is 2.11. The van der Waals surface area contributed by atoms with Crippen LogP contribution in [0.5, 0.6) is 0 Å². The highest BCUT2D eigenvalue weighted by Gasteiger charge is 2.10. The van der Waals surface area contributed by atoms with Crippen LogP contribution < -0.4 is 5.32 Å². The number of rotatable bonds is 3. The molecule has 1 heterocycles. The van der Waals surface area contributed by atoms with Crippen LogP contribution in [0.1, 0.15) is 6.42 Å². The van der Waals surface area contributed by atoms with Crippen LogP contribution in [0.25, 0.3) is 0 Å². The lowest BCUT2D eigenvalue weighted by Gasteiger charge is -2.27. The van der Waals surface area contributed by atoms with Gasteiger partial charge in [-0.1, -0.05) is 24.3 Å². The molecule has 0 atom stereocenters. The second-order valence-corrected chi connectivity index (χ2v) is 4.20. The first-order valence-electron chi connectivity index (χ1n) is 5.84. The summed E-state index contributed by atoms with van der Waals surface area (Å²) >= 11 is 0. The Bertz CT molecular complexity index is 336. The van der Waals surface area contributed by atoms with Crippen molar-refractivity contribution in [2.24, 2.45) is 0 Å². The predicted molar refractivity (Wildman–Crippen MR) is 65.3 cm³/mol. The lowest BCUT2D eigenvalue weighted by Crippen LogP contribution is -2.44. The van der Waals surface area contributed by atoms with E-state index >= 15 is 0 Å². The second kappa shape index (κ2) is 5.77. The van der Waals surface area contributed by atoms with E-state index in [-0.39, 0.29) is 0 Å². The Balaban J connectivity index is 1.90. The molecule has 0 bridgehead atoms. The van der Waals surface area contributed by atoms with E-state index in [1.54, 1.807) is 0 Å². The third kappa shape index (κ3) is 3.15. The van der Waals surface area contributed by atoms with Crippen LogP contribution in [-0.4, -0.2) is 43.9 Å². The number of hydrogen-bond donors (Lipinski definition) is 1. The van der Waals surface area contributed by atoms with Crippen molar-refractivity contribution < 1.29 is 4.79 Å².